The fraction of sp³-hybridized carbons (Fsp3) is 0.526. The van der Waals surface area contributed by atoms with Crippen molar-refractivity contribution in [1.82, 2.24) is 57.6 Å². The van der Waals surface area contributed by atoms with Gasteiger partial charge in [-0.1, -0.05) is 89.4 Å². The highest BCUT2D eigenvalue weighted by molar-refractivity contribution is 8.17. The molecule has 26 rings (SSSR count). The molecule has 9 N–H and O–H groups in total. The lowest BCUT2D eigenvalue weighted by atomic mass is 9.63. The van der Waals surface area contributed by atoms with Crippen molar-refractivity contribution < 1.29 is 132 Å². The fourth-order valence-corrected chi connectivity index (χ4v) is 31.7. The molecule has 0 radical (unpaired) electrons. The van der Waals surface area contributed by atoms with E-state index in [-0.39, 0.29) is 217 Å². The van der Waals surface area contributed by atoms with E-state index in [0.29, 0.717) is 38.8 Å². The number of urea groups is 3. The number of ether oxygens (including phenoxy) is 4. The van der Waals surface area contributed by atoms with E-state index >= 15 is 17.6 Å². The number of ketones is 1. The number of nitrogens with one attached hydrogen (secondary N) is 8. The number of amidine groups is 1. The number of hydrogen-bond donors (Lipinski definition) is 9. The summed E-state index contributed by atoms with van der Waals surface area (Å²) >= 11 is 4.68. The summed E-state index contributed by atoms with van der Waals surface area (Å²) in [6.07, 6.45) is 4.95. The standard InChI is InChI=1S/C25H26FN5O6S.C25H28FN5O6S.C24H24FN5O6S.C23H21FN4O6S/c1-10-9-30-17-12(8-25(19(30)11(2)36-10)21(32)27-23(34)28-22(25)33)7-13-18(16(17)26)37-29-20(13)31-14-5-3-4-6-15(14)38-24(31)35;1-10-9-30-17-12(8-25(19(30)11(2)37-10)21(33)28-23(35)29-22(25)34)7-13(18(32)16(17)26)20(27)31-14-5-3-4-6-15(14)38-24(31)36;1-9-8-29-16-11(7-24(18(29)10(2)35-9)20(31)26-22(33)27-21(24)32)6-12-17(15(16)25)36-28-19(12)30-13-4-3-5-14(13)37-23(30)34;1-9-7-27-17-12(6-23(19(27)11(3)33-9)14(29)5-15(30)25-21(23)31)4-13-18(16(17)24)34-26-20(13)28-8-10(2)35-22(28)32/h7,10-11,14-15,19H,3-6,8-9H2,1-2H3,(H2,27,28,32,33,34);7,10-11,14-15,19,27,32H,3-6,8-9H2,1-2H3,(H2,28,29,33,34,35);6,9-10,13-14,18H,3-5,7-8H2,1-2H3,(H2,26,27,31,32,33);4,9,11,19H,2,5-8H2,1,3H3,(H,25,30,31)/t10-,11+,14+,15-,19-;10-,11+,14-,15+,19-;9-,10+,13-,14+,18-;9-,11+,19-,23?/m1111/s1. The topological polar surface area (TPSA) is 542 Å². The number of aromatic hydroxyl groups is 1. The van der Waals surface area contributed by atoms with E-state index in [4.69, 9.17) is 37.9 Å². The lowest BCUT2D eigenvalue weighted by molar-refractivity contribution is -0.159. The first-order chi connectivity index (χ1) is 70.6. The fourth-order valence-electron chi connectivity index (χ4n) is 27.1. The molecule has 3 aromatic heterocycles. The number of barbiturate groups is 3. The number of thioether (sulfide) groups is 4. The number of piperidine rings is 1. The van der Waals surface area contributed by atoms with Crippen LogP contribution in [-0.2, 0) is 87.8 Å². The summed E-state index contributed by atoms with van der Waals surface area (Å²) in [4.78, 5) is 219. The molecule has 4 spiro atoms. The molecule has 3 saturated carbocycles. The minimum absolute atomic E-state index is 0.0202. The Kier molecular flexibility index (Phi) is 23.8. The number of phenols is 1. The summed E-state index contributed by atoms with van der Waals surface area (Å²) in [6.45, 7) is 18.9. The minimum Gasteiger partial charge on any atom is -0.504 e. The van der Waals surface area contributed by atoms with Gasteiger partial charge in [0.2, 0.25) is 64.0 Å². The van der Waals surface area contributed by atoms with Gasteiger partial charge in [-0.05, 0) is 159 Å². The summed E-state index contributed by atoms with van der Waals surface area (Å²) in [5, 5.41) is 48.0. The maximum Gasteiger partial charge on any atom is 0.328 e. The number of benzene rings is 4. The first kappa shape index (κ1) is 98.5. The van der Waals surface area contributed by atoms with Crippen LogP contribution in [-0.4, -0.2) is 263 Å². The molecule has 19 heterocycles. The zero-order valence-electron chi connectivity index (χ0n) is 80.7. The van der Waals surface area contributed by atoms with Gasteiger partial charge in [-0.3, -0.25) is 125 Å². The molecular weight excluding hydrogens is 2020 g/mol. The number of carbonyl (C=O) groups excluding carboxylic acids is 16. The van der Waals surface area contributed by atoms with Crippen LogP contribution in [0, 0.1) is 50.3 Å². The van der Waals surface area contributed by atoms with E-state index in [0.717, 1.165) is 87.7 Å². The molecule has 4 aromatic carbocycles. The van der Waals surface area contributed by atoms with Crippen LogP contribution in [0.1, 0.15) is 160 Å². The summed E-state index contributed by atoms with van der Waals surface area (Å²) in [7, 11) is 0. The van der Waals surface area contributed by atoms with Crippen LogP contribution >= 0.6 is 47.0 Å². The predicted molar refractivity (Wildman–Crippen MR) is 522 cm³/mol. The number of Topliss-reactive ketones (excluding diaryl/α,β-unsaturated/α-hetero) is 1. The summed E-state index contributed by atoms with van der Waals surface area (Å²) in [5.74, 6) is -9.98. The van der Waals surface area contributed by atoms with Crippen molar-refractivity contribution in [2.75, 3.05) is 67.0 Å². The first-order valence-corrected chi connectivity index (χ1v) is 52.7. The molecule has 1 unspecified atom stereocenters. The molecule has 43 nitrogen and oxygen atoms in total. The van der Waals surface area contributed by atoms with Crippen LogP contribution < -0.4 is 71.5 Å². The number of fused-ring (bicyclic) bond motifs is 22. The quantitative estimate of drug-likeness (QED) is 0.0260. The molecule has 18 amide bonds. The van der Waals surface area contributed by atoms with E-state index in [1.165, 1.54) is 39.4 Å². The van der Waals surface area contributed by atoms with Crippen LogP contribution in [0.4, 0.5) is 91.3 Å². The van der Waals surface area contributed by atoms with Crippen molar-refractivity contribution in [3.05, 3.63) is 86.8 Å². The number of aromatic nitrogens is 3. The first-order valence-electron chi connectivity index (χ1n) is 49.3. The average molecular weight is 2120 g/mol. The van der Waals surface area contributed by atoms with Gasteiger partial charge in [-0.25, -0.2) is 31.9 Å². The molecular formula is C97H99F4N19O24S4. The monoisotopic (exact) mass is 2120 g/mol. The largest absolute Gasteiger partial charge is 0.504 e. The van der Waals surface area contributed by atoms with Crippen molar-refractivity contribution in [2.45, 2.75) is 265 Å². The van der Waals surface area contributed by atoms with Gasteiger partial charge in [0.05, 0.1) is 149 Å². The van der Waals surface area contributed by atoms with Crippen LogP contribution in [0.2, 0.25) is 0 Å². The van der Waals surface area contributed by atoms with Gasteiger partial charge >= 0.3 is 18.1 Å². The van der Waals surface area contributed by atoms with Crippen molar-refractivity contribution in [1.29, 1.82) is 5.41 Å². The second-order valence-corrected chi connectivity index (χ2v) is 46.2. The zero-order valence-corrected chi connectivity index (χ0v) is 83.9. The second kappa shape index (κ2) is 35.7. The summed E-state index contributed by atoms with van der Waals surface area (Å²) < 4.78 is 105. The number of phenolic OH excluding ortho intramolecular Hbond substituents is 1. The Bertz CT molecular complexity index is 7080. The Balaban J connectivity index is 0.000000109. The molecule has 51 heteroatoms. The maximum atomic E-state index is 16.3. The number of carbonyl (C=O) groups is 16. The van der Waals surface area contributed by atoms with Gasteiger partial charge in [-0.15, -0.1) is 0 Å². The number of amides is 18. The molecule has 19 aliphatic rings. The highest BCUT2D eigenvalue weighted by atomic mass is 32.2. The van der Waals surface area contributed by atoms with Crippen molar-refractivity contribution in [2.24, 2.45) is 21.7 Å². The molecule has 12 saturated heterocycles. The zero-order chi connectivity index (χ0) is 104. The number of hydrogen-bond acceptors (Lipinski definition) is 36. The normalized spacial score (nSPS) is 31.9. The molecule has 148 heavy (non-hydrogen) atoms. The highest BCUT2D eigenvalue weighted by Crippen LogP contribution is 2.59. The Morgan fingerprint density at radius 2 is 0.736 bits per heavy atom. The summed E-state index contributed by atoms with van der Waals surface area (Å²) in [5.41, 5.74) is -5.31. The van der Waals surface area contributed by atoms with Gasteiger partial charge in [0.1, 0.15) is 11.3 Å². The van der Waals surface area contributed by atoms with Crippen LogP contribution in [0.5, 0.6) is 5.75 Å². The van der Waals surface area contributed by atoms with E-state index in [1.54, 1.807) is 82.2 Å². The van der Waals surface area contributed by atoms with E-state index in [2.05, 4.69) is 59.3 Å². The highest BCUT2D eigenvalue weighted by Gasteiger charge is 2.70. The maximum absolute atomic E-state index is 16.3. The lowest BCUT2D eigenvalue weighted by Gasteiger charge is -2.55. The minimum atomic E-state index is -1.82. The smallest absolute Gasteiger partial charge is 0.328 e. The number of anilines is 7. The van der Waals surface area contributed by atoms with Crippen LogP contribution in [0.15, 0.2) is 49.3 Å². The number of morpholine rings is 4. The molecule has 0 bridgehead atoms. The van der Waals surface area contributed by atoms with Crippen LogP contribution in [0.25, 0.3) is 32.9 Å². The number of nitrogens with zero attached hydrogens (tertiary/aromatic N) is 11. The van der Waals surface area contributed by atoms with Gasteiger partial charge in [0.15, 0.2) is 68.5 Å². The molecule has 7 aromatic rings. The number of rotatable bonds is 4. The van der Waals surface area contributed by atoms with Crippen molar-refractivity contribution >= 4 is 218 Å². The number of imide groups is 7. The van der Waals surface area contributed by atoms with Crippen molar-refractivity contribution in [3.63, 3.8) is 0 Å². The third kappa shape index (κ3) is 14.7. The predicted octanol–water partition coefficient (Wildman–Crippen LogP) is 9.82. The van der Waals surface area contributed by atoms with E-state index in [1.807, 2.05) is 20.8 Å². The molecule has 15 fully saturated rings. The van der Waals surface area contributed by atoms with Gasteiger partial charge in [0.25, 0.3) is 21.0 Å². The third-order valence-corrected chi connectivity index (χ3v) is 37.2. The second-order valence-electron chi connectivity index (χ2n) is 41.5. The van der Waals surface area contributed by atoms with Gasteiger partial charge in [-0.2, -0.15) is 0 Å². The summed E-state index contributed by atoms with van der Waals surface area (Å²) in [6, 6.07) is -0.187. The Labute approximate surface area is 854 Å². The average Bonchev–Trinajstić information content (AvgIpc) is 1.52. The van der Waals surface area contributed by atoms with Crippen molar-refractivity contribution in [3.8, 4) is 5.75 Å². The molecule has 778 valence electrons. The Morgan fingerprint density at radius 1 is 0.412 bits per heavy atom. The third-order valence-electron chi connectivity index (χ3n) is 32.6. The van der Waals surface area contributed by atoms with E-state index < -0.39 is 177 Å². The molecule has 19 atom stereocenters. The van der Waals surface area contributed by atoms with Crippen LogP contribution in [0.3, 0.4) is 0 Å². The lowest BCUT2D eigenvalue weighted by Crippen LogP contribution is -2.75. The van der Waals surface area contributed by atoms with E-state index in [9.17, 15) is 81.8 Å². The van der Waals surface area contributed by atoms with Gasteiger partial charge < -0.3 is 57.2 Å². The number of halogens is 4. The molecule has 16 aliphatic heterocycles. The SMILES string of the molecule is C=C1CN(c2noc3c(F)c4c(cc23)CC2(C(=O)CC(=O)NC2=O)[C@H]2[C@H](C)O[C@H](C)CN42)C(=O)S1.C[C@@H]1CN2c3c(cc(C(=N)N4C(=O)S[C@H]5CCCC[C@H]54)c(O)c3F)CC3(C(=O)NC(=O)NC3=O)[C@H]2[C@H](C)O1.C[C@@H]1CN2c3c(cc4c(N5C(=O)S[C@@H]6CCCC[C@@H]65)noc4c3F)CC3(C(=O)NC(=O)NC3=O)[C@H]2[C@H](C)O1.C[C@@H]1CN2c3c(cc4c(N5C(=O)S[C@H]6CCC[C@H]65)noc4c3F)CC3(C(=O)NC(=O)NC3=O)[C@H]2[C@H](C)O1. The molecule has 3 aliphatic carbocycles. The Morgan fingerprint density at radius 3 is 1.13 bits per heavy atom. The van der Waals surface area contributed by atoms with Gasteiger partial charge in [0, 0.05) is 66.1 Å². The Hall–Kier alpha value is -12.8.